The third kappa shape index (κ3) is 4.66. The van der Waals surface area contributed by atoms with Gasteiger partial charge < -0.3 is 5.11 Å². The standard InChI is InChI=1S/C12H22O4S/c1-17(15,16)10-9-12(11(13)14)7-5-3-2-4-6-8-12/h2-10H2,1H3,(H,13,14). The van der Waals surface area contributed by atoms with Gasteiger partial charge in [0.25, 0.3) is 0 Å². The summed E-state index contributed by atoms with van der Waals surface area (Å²) >= 11 is 0. The molecule has 0 aliphatic heterocycles. The first-order valence-corrected chi connectivity index (χ1v) is 8.33. The molecule has 17 heavy (non-hydrogen) atoms. The zero-order valence-electron chi connectivity index (χ0n) is 10.4. The molecule has 4 nitrogen and oxygen atoms in total. The minimum atomic E-state index is -3.08. The number of carboxylic acid groups (broad SMARTS) is 1. The van der Waals surface area contributed by atoms with Crippen LogP contribution in [0.15, 0.2) is 0 Å². The SMILES string of the molecule is CS(=O)(=O)CCC1(C(=O)O)CCCCCCC1. The van der Waals surface area contributed by atoms with E-state index >= 15 is 0 Å². The lowest BCUT2D eigenvalue weighted by atomic mass is 9.74. The Kier molecular flexibility index (Phi) is 4.98. The van der Waals surface area contributed by atoms with Crippen LogP contribution in [0.25, 0.3) is 0 Å². The molecule has 0 unspecified atom stereocenters. The third-order valence-corrected chi connectivity index (χ3v) is 4.66. The summed E-state index contributed by atoms with van der Waals surface area (Å²) in [6.45, 7) is 0. The van der Waals surface area contributed by atoms with Crippen molar-refractivity contribution in [3.8, 4) is 0 Å². The van der Waals surface area contributed by atoms with Gasteiger partial charge in [0.2, 0.25) is 0 Å². The van der Waals surface area contributed by atoms with Crippen molar-refractivity contribution in [1.82, 2.24) is 0 Å². The van der Waals surface area contributed by atoms with Crippen molar-refractivity contribution >= 4 is 15.8 Å². The van der Waals surface area contributed by atoms with Crippen molar-refractivity contribution in [3.05, 3.63) is 0 Å². The van der Waals surface area contributed by atoms with Gasteiger partial charge in [0.05, 0.1) is 11.2 Å². The highest BCUT2D eigenvalue weighted by Crippen LogP contribution is 2.37. The Balaban J connectivity index is 2.75. The van der Waals surface area contributed by atoms with Crippen LogP contribution in [0.3, 0.4) is 0 Å². The predicted molar refractivity (Wildman–Crippen MR) is 66.7 cm³/mol. The largest absolute Gasteiger partial charge is 0.481 e. The Labute approximate surface area is 103 Å². The monoisotopic (exact) mass is 262 g/mol. The van der Waals surface area contributed by atoms with Gasteiger partial charge in [-0.25, -0.2) is 8.42 Å². The second-order valence-corrected chi connectivity index (χ2v) is 7.49. The second kappa shape index (κ2) is 5.85. The number of carboxylic acids is 1. The average Bonchev–Trinajstić information content (AvgIpc) is 2.14. The van der Waals surface area contributed by atoms with E-state index in [1.807, 2.05) is 0 Å². The van der Waals surface area contributed by atoms with Crippen molar-refractivity contribution in [1.29, 1.82) is 0 Å². The highest BCUT2D eigenvalue weighted by atomic mass is 32.2. The van der Waals surface area contributed by atoms with Gasteiger partial charge in [0.1, 0.15) is 9.84 Å². The fourth-order valence-corrected chi connectivity index (χ4v) is 3.30. The molecule has 0 aromatic carbocycles. The van der Waals surface area contributed by atoms with Gasteiger partial charge in [-0.1, -0.05) is 32.1 Å². The summed E-state index contributed by atoms with van der Waals surface area (Å²) in [5, 5.41) is 9.41. The number of carbonyl (C=O) groups is 1. The molecular weight excluding hydrogens is 240 g/mol. The van der Waals surface area contributed by atoms with Gasteiger partial charge in [-0.15, -0.1) is 0 Å². The summed E-state index contributed by atoms with van der Waals surface area (Å²) in [5.74, 6) is -0.831. The molecule has 1 fully saturated rings. The molecule has 1 aliphatic carbocycles. The van der Waals surface area contributed by atoms with Crippen molar-refractivity contribution in [2.45, 2.75) is 51.4 Å². The summed E-state index contributed by atoms with van der Waals surface area (Å²) in [6, 6.07) is 0. The summed E-state index contributed by atoms with van der Waals surface area (Å²) < 4.78 is 22.4. The molecule has 0 atom stereocenters. The molecule has 0 aromatic heterocycles. The minimum Gasteiger partial charge on any atom is -0.481 e. The molecule has 0 aromatic rings. The molecule has 0 heterocycles. The molecule has 0 radical (unpaired) electrons. The van der Waals surface area contributed by atoms with Crippen molar-refractivity contribution in [2.75, 3.05) is 12.0 Å². The van der Waals surface area contributed by atoms with Gasteiger partial charge in [-0.05, 0) is 19.3 Å². The third-order valence-electron chi connectivity index (χ3n) is 3.72. The lowest BCUT2D eigenvalue weighted by Crippen LogP contribution is -2.34. The molecule has 1 saturated carbocycles. The fourth-order valence-electron chi connectivity index (χ4n) is 2.53. The van der Waals surface area contributed by atoms with Crippen molar-refractivity contribution in [3.63, 3.8) is 0 Å². The fraction of sp³-hybridized carbons (Fsp3) is 0.917. The van der Waals surface area contributed by atoms with Crippen LogP contribution in [0.5, 0.6) is 0 Å². The van der Waals surface area contributed by atoms with E-state index in [1.54, 1.807) is 0 Å². The molecule has 0 saturated heterocycles. The van der Waals surface area contributed by atoms with E-state index in [1.165, 1.54) is 12.7 Å². The van der Waals surface area contributed by atoms with Crippen LogP contribution in [0.2, 0.25) is 0 Å². The molecule has 1 rings (SSSR count). The van der Waals surface area contributed by atoms with Crippen LogP contribution >= 0.6 is 0 Å². The Bertz CT molecular complexity index is 351. The lowest BCUT2D eigenvalue weighted by Gasteiger charge is -2.31. The molecule has 1 aliphatic rings. The molecule has 0 bridgehead atoms. The first-order chi connectivity index (χ1) is 7.86. The highest BCUT2D eigenvalue weighted by Gasteiger charge is 2.38. The Hall–Kier alpha value is -0.580. The predicted octanol–water partition coefficient (Wildman–Crippen LogP) is 2.24. The lowest BCUT2D eigenvalue weighted by molar-refractivity contribution is -0.150. The summed E-state index contributed by atoms with van der Waals surface area (Å²) in [6.07, 6.45) is 7.78. The van der Waals surface area contributed by atoms with E-state index in [0.29, 0.717) is 12.8 Å². The molecule has 1 N–H and O–H groups in total. The molecule has 5 heteroatoms. The zero-order valence-corrected chi connectivity index (χ0v) is 11.3. The van der Waals surface area contributed by atoms with Gasteiger partial charge in [0, 0.05) is 6.26 Å². The summed E-state index contributed by atoms with van der Waals surface area (Å²) in [4.78, 5) is 11.5. The number of sulfone groups is 1. The number of hydrogen-bond acceptors (Lipinski definition) is 3. The maximum atomic E-state index is 11.5. The van der Waals surface area contributed by atoms with E-state index in [9.17, 15) is 18.3 Å². The number of rotatable bonds is 4. The summed E-state index contributed by atoms with van der Waals surface area (Å²) in [7, 11) is -3.08. The topological polar surface area (TPSA) is 71.4 Å². The van der Waals surface area contributed by atoms with Gasteiger partial charge in [-0.3, -0.25) is 4.79 Å². The Morgan fingerprint density at radius 2 is 1.59 bits per heavy atom. The van der Waals surface area contributed by atoms with Gasteiger partial charge >= 0.3 is 5.97 Å². The minimum absolute atomic E-state index is 0.0146. The van der Waals surface area contributed by atoms with Crippen LogP contribution < -0.4 is 0 Å². The first kappa shape index (κ1) is 14.5. The van der Waals surface area contributed by atoms with Crippen LogP contribution in [-0.2, 0) is 14.6 Å². The van der Waals surface area contributed by atoms with Crippen molar-refractivity contribution < 1.29 is 18.3 Å². The molecule has 0 amide bonds. The molecular formula is C12H22O4S. The molecule has 0 spiro atoms. The van der Waals surface area contributed by atoms with E-state index < -0.39 is 21.2 Å². The quantitative estimate of drug-likeness (QED) is 0.843. The Morgan fingerprint density at radius 3 is 2.00 bits per heavy atom. The molecule has 100 valence electrons. The van der Waals surface area contributed by atoms with E-state index in [0.717, 1.165) is 25.7 Å². The van der Waals surface area contributed by atoms with E-state index in [-0.39, 0.29) is 12.2 Å². The average molecular weight is 262 g/mol. The maximum Gasteiger partial charge on any atom is 0.309 e. The van der Waals surface area contributed by atoms with E-state index in [4.69, 9.17) is 0 Å². The second-order valence-electron chi connectivity index (χ2n) is 5.23. The first-order valence-electron chi connectivity index (χ1n) is 6.27. The van der Waals surface area contributed by atoms with Crippen LogP contribution in [-0.4, -0.2) is 31.5 Å². The van der Waals surface area contributed by atoms with Crippen LogP contribution in [0, 0.1) is 5.41 Å². The number of aliphatic carboxylic acids is 1. The van der Waals surface area contributed by atoms with E-state index in [2.05, 4.69) is 0 Å². The highest BCUT2D eigenvalue weighted by molar-refractivity contribution is 7.90. The zero-order chi connectivity index (χ0) is 12.9. The van der Waals surface area contributed by atoms with Crippen LogP contribution in [0.4, 0.5) is 0 Å². The summed E-state index contributed by atoms with van der Waals surface area (Å²) in [5.41, 5.74) is -0.802. The Morgan fingerprint density at radius 1 is 1.12 bits per heavy atom. The number of hydrogen-bond donors (Lipinski definition) is 1. The van der Waals surface area contributed by atoms with Crippen LogP contribution in [0.1, 0.15) is 51.4 Å². The normalized spacial score (nSPS) is 21.5. The van der Waals surface area contributed by atoms with Gasteiger partial charge in [0.15, 0.2) is 0 Å². The van der Waals surface area contributed by atoms with Gasteiger partial charge in [-0.2, -0.15) is 0 Å². The smallest absolute Gasteiger partial charge is 0.309 e. The van der Waals surface area contributed by atoms with Crippen molar-refractivity contribution in [2.24, 2.45) is 5.41 Å². The maximum absolute atomic E-state index is 11.5.